The number of para-hydroxylation sites is 1. The lowest BCUT2D eigenvalue weighted by atomic mass is 9.86. The van der Waals surface area contributed by atoms with Gasteiger partial charge in [0, 0.05) is 22.4 Å². The van der Waals surface area contributed by atoms with Gasteiger partial charge in [0.1, 0.15) is 5.82 Å². The van der Waals surface area contributed by atoms with Crippen LogP contribution >= 0.6 is 27.3 Å². The molecule has 0 radical (unpaired) electrons. The number of nitrogens with zero attached hydrogens (tertiary/aromatic N) is 3. The Bertz CT molecular complexity index is 1160. The Morgan fingerprint density at radius 1 is 1.22 bits per heavy atom. The van der Waals surface area contributed by atoms with E-state index in [1.165, 1.54) is 0 Å². The van der Waals surface area contributed by atoms with Crippen molar-refractivity contribution in [3.05, 3.63) is 69.8 Å². The maximum absolute atomic E-state index is 12.5. The molecule has 1 atom stereocenters. The third kappa shape index (κ3) is 2.78. The van der Waals surface area contributed by atoms with Crippen molar-refractivity contribution in [1.82, 2.24) is 14.8 Å². The van der Waals surface area contributed by atoms with Crippen molar-refractivity contribution >= 4 is 49.2 Å². The summed E-state index contributed by atoms with van der Waals surface area (Å²) in [6.45, 7) is 1.99. The van der Waals surface area contributed by atoms with Gasteiger partial charge < -0.3 is 5.32 Å². The first-order chi connectivity index (χ1) is 13.1. The molecular formula is C20H15BrN4OS. The van der Waals surface area contributed by atoms with Gasteiger partial charge in [0.25, 0.3) is 0 Å². The summed E-state index contributed by atoms with van der Waals surface area (Å²) in [6, 6.07) is 16.1. The van der Waals surface area contributed by atoms with Crippen LogP contribution in [-0.4, -0.2) is 20.7 Å². The fourth-order valence-electron chi connectivity index (χ4n) is 3.64. The largest absolute Gasteiger partial charge is 0.310 e. The quantitative estimate of drug-likeness (QED) is 0.477. The van der Waals surface area contributed by atoms with Gasteiger partial charge in [-0.15, -0.1) is 0 Å². The molecule has 1 unspecified atom stereocenters. The summed E-state index contributed by atoms with van der Waals surface area (Å²) >= 11 is 5.10. The van der Waals surface area contributed by atoms with Crippen LogP contribution in [-0.2, 0) is 4.79 Å². The first-order valence-electron chi connectivity index (χ1n) is 8.61. The zero-order chi connectivity index (χ0) is 18.5. The van der Waals surface area contributed by atoms with Crippen molar-refractivity contribution in [2.45, 2.75) is 19.3 Å². The lowest BCUT2D eigenvalue weighted by Gasteiger charge is -2.24. The molecule has 0 aliphatic carbocycles. The highest BCUT2D eigenvalue weighted by Gasteiger charge is 2.33. The van der Waals surface area contributed by atoms with Gasteiger partial charge in [-0.25, -0.2) is 4.98 Å². The summed E-state index contributed by atoms with van der Waals surface area (Å²) < 4.78 is 3.88. The van der Waals surface area contributed by atoms with E-state index in [2.05, 4.69) is 33.4 Å². The standard InChI is InChI=1S/C20H15BrN4OS/c1-11-18-14(12-5-4-6-13(21)9-12)10-17(26)23-19(18)25(24-11)20-22-15-7-2-3-8-16(15)27-20/h2-9,14H,10H2,1H3,(H,23,26). The second-order valence-corrected chi connectivity index (χ2v) is 8.51. The molecule has 5 rings (SSSR count). The Labute approximate surface area is 168 Å². The van der Waals surface area contributed by atoms with Crippen LogP contribution in [0.15, 0.2) is 53.0 Å². The molecule has 1 aliphatic heterocycles. The highest BCUT2D eigenvalue weighted by molar-refractivity contribution is 9.10. The van der Waals surface area contributed by atoms with E-state index in [0.717, 1.165) is 42.5 Å². The van der Waals surface area contributed by atoms with Crippen LogP contribution in [0.25, 0.3) is 15.3 Å². The first kappa shape index (κ1) is 16.6. The minimum atomic E-state index is -0.0191. The Morgan fingerprint density at radius 3 is 2.89 bits per heavy atom. The van der Waals surface area contributed by atoms with Crippen molar-refractivity contribution in [1.29, 1.82) is 0 Å². The topological polar surface area (TPSA) is 59.8 Å². The lowest BCUT2D eigenvalue weighted by molar-refractivity contribution is -0.116. The monoisotopic (exact) mass is 438 g/mol. The zero-order valence-electron chi connectivity index (χ0n) is 14.4. The minimum Gasteiger partial charge on any atom is -0.310 e. The van der Waals surface area contributed by atoms with E-state index in [-0.39, 0.29) is 11.8 Å². The number of aromatic nitrogens is 3. The fourth-order valence-corrected chi connectivity index (χ4v) is 4.99. The number of aryl methyl sites for hydroxylation is 1. The van der Waals surface area contributed by atoms with Crippen LogP contribution in [0.2, 0.25) is 0 Å². The van der Waals surface area contributed by atoms with Crippen molar-refractivity contribution in [3.8, 4) is 5.13 Å². The predicted molar refractivity (Wildman–Crippen MR) is 111 cm³/mol. The Balaban J connectivity index is 1.69. The molecule has 4 aromatic rings. The number of thiazole rings is 1. The molecule has 2 aromatic heterocycles. The molecule has 0 saturated carbocycles. The Kier molecular flexibility index (Phi) is 3.87. The highest BCUT2D eigenvalue weighted by atomic mass is 79.9. The van der Waals surface area contributed by atoms with Gasteiger partial charge in [-0.1, -0.05) is 51.5 Å². The van der Waals surface area contributed by atoms with E-state index in [0.29, 0.717) is 6.42 Å². The van der Waals surface area contributed by atoms with E-state index in [1.807, 2.05) is 43.3 Å². The third-order valence-corrected chi connectivity index (χ3v) is 6.32. The molecule has 7 heteroatoms. The van der Waals surface area contributed by atoms with Crippen LogP contribution in [0.4, 0.5) is 5.82 Å². The van der Waals surface area contributed by atoms with Crippen LogP contribution in [0.3, 0.4) is 0 Å². The summed E-state index contributed by atoms with van der Waals surface area (Å²) in [5.74, 6) is 0.705. The average Bonchev–Trinajstić information content (AvgIpc) is 3.22. The Morgan fingerprint density at radius 2 is 2.07 bits per heavy atom. The van der Waals surface area contributed by atoms with Crippen LogP contribution in [0.1, 0.15) is 29.2 Å². The highest BCUT2D eigenvalue weighted by Crippen LogP contribution is 2.41. The SMILES string of the molecule is Cc1nn(-c2nc3ccccc3s2)c2c1C(c1cccc(Br)c1)CC(=O)N2. The summed E-state index contributed by atoms with van der Waals surface area (Å²) in [6.07, 6.45) is 0.413. The Hall–Kier alpha value is -2.51. The number of fused-ring (bicyclic) bond motifs is 2. The fraction of sp³-hybridized carbons (Fsp3) is 0.150. The van der Waals surface area contributed by atoms with Gasteiger partial charge in [0.2, 0.25) is 11.0 Å². The number of carbonyl (C=O) groups excluding carboxylic acids is 1. The molecule has 27 heavy (non-hydrogen) atoms. The summed E-state index contributed by atoms with van der Waals surface area (Å²) in [5.41, 5.74) is 4.01. The van der Waals surface area contributed by atoms with Crippen molar-refractivity contribution in [2.75, 3.05) is 5.32 Å². The minimum absolute atomic E-state index is 0.00487. The number of hydrogen-bond donors (Lipinski definition) is 1. The smallest absolute Gasteiger partial charge is 0.226 e. The van der Waals surface area contributed by atoms with E-state index < -0.39 is 0 Å². The number of nitrogens with one attached hydrogen (secondary N) is 1. The summed E-state index contributed by atoms with van der Waals surface area (Å²) in [5, 5.41) is 8.51. The van der Waals surface area contributed by atoms with Gasteiger partial charge >= 0.3 is 0 Å². The number of halogens is 1. The summed E-state index contributed by atoms with van der Waals surface area (Å²) in [7, 11) is 0. The van der Waals surface area contributed by atoms with Crippen molar-refractivity contribution in [2.24, 2.45) is 0 Å². The number of anilines is 1. The molecule has 0 saturated heterocycles. The molecule has 1 N–H and O–H groups in total. The van der Waals surface area contributed by atoms with E-state index in [1.54, 1.807) is 16.0 Å². The third-order valence-electron chi connectivity index (χ3n) is 4.82. The summed E-state index contributed by atoms with van der Waals surface area (Å²) in [4.78, 5) is 17.2. The molecule has 134 valence electrons. The van der Waals surface area contributed by atoms with E-state index in [4.69, 9.17) is 10.1 Å². The zero-order valence-corrected chi connectivity index (χ0v) is 16.8. The second-order valence-electron chi connectivity index (χ2n) is 6.58. The van der Waals surface area contributed by atoms with E-state index >= 15 is 0 Å². The number of carbonyl (C=O) groups is 1. The number of amides is 1. The number of rotatable bonds is 2. The predicted octanol–water partition coefficient (Wildman–Crippen LogP) is 5.03. The second kappa shape index (κ2) is 6.28. The molecule has 0 fully saturated rings. The van der Waals surface area contributed by atoms with Crippen LogP contribution in [0.5, 0.6) is 0 Å². The molecule has 0 spiro atoms. The maximum Gasteiger partial charge on any atom is 0.226 e. The van der Waals surface area contributed by atoms with Crippen LogP contribution in [0, 0.1) is 6.92 Å². The normalized spacial score (nSPS) is 16.4. The number of benzene rings is 2. The van der Waals surface area contributed by atoms with Gasteiger partial charge in [-0.3, -0.25) is 4.79 Å². The first-order valence-corrected chi connectivity index (χ1v) is 10.2. The van der Waals surface area contributed by atoms with Crippen molar-refractivity contribution in [3.63, 3.8) is 0 Å². The van der Waals surface area contributed by atoms with Gasteiger partial charge in [-0.05, 0) is 36.8 Å². The van der Waals surface area contributed by atoms with E-state index in [9.17, 15) is 4.79 Å². The molecule has 3 heterocycles. The maximum atomic E-state index is 12.5. The molecule has 1 amide bonds. The van der Waals surface area contributed by atoms with Crippen LogP contribution < -0.4 is 5.32 Å². The molecule has 2 aromatic carbocycles. The molecule has 1 aliphatic rings. The molecule has 0 bridgehead atoms. The lowest BCUT2D eigenvalue weighted by Crippen LogP contribution is -2.24. The van der Waals surface area contributed by atoms with Gasteiger partial charge in [0.15, 0.2) is 0 Å². The molecule has 5 nitrogen and oxygen atoms in total. The number of hydrogen-bond acceptors (Lipinski definition) is 4. The van der Waals surface area contributed by atoms with Gasteiger partial charge in [0.05, 0.1) is 15.9 Å². The average molecular weight is 439 g/mol. The molecular weight excluding hydrogens is 424 g/mol. The van der Waals surface area contributed by atoms with Crippen molar-refractivity contribution < 1.29 is 4.79 Å². The van der Waals surface area contributed by atoms with Gasteiger partial charge in [-0.2, -0.15) is 9.78 Å².